The van der Waals surface area contributed by atoms with Gasteiger partial charge in [0.25, 0.3) is 0 Å². The van der Waals surface area contributed by atoms with E-state index in [9.17, 15) is 0 Å². The summed E-state index contributed by atoms with van der Waals surface area (Å²) in [6.07, 6.45) is 0. The van der Waals surface area contributed by atoms with Crippen molar-refractivity contribution < 1.29 is 4.74 Å². The van der Waals surface area contributed by atoms with Crippen LogP contribution >= 0.6 is 11.9 Å². The molecule has 0 aliphatic carbocycles. The number of fused-ring (bicyclic) bond motifs is 1. The maximum Gasteiger partial charge on any atom is 0.119 e. The van der Waals surface area contributed by atoms with Gasteiger partial charge in [-0.1, -0.05) is 26.0 Å². The molecule has 2 rings (SSSR count). The van der Waals surface area contributed by atoms with Crippen LogP contribution < -0.4 is 9.46 Å². The fourth-order valence-corrected chi connectivity index (χ4v) is 2.29. The molecule has 96 valence electrons. The van der Waals surface area contributed by atoms with Crippen LogP contribution in [-0.2, 0) is 0 Å². The van der Waals surface area contributed by atoms with E-state index in [0.29, 0.717) is 5.92 Å². The van der Waals surface area contributed by atoms with Gasteiger partial charge in [0.05, 0.1) is 6.61 Å². The monoisotopic (exact) mass is 261 g/mol. The van der Waals surface area contributed by atoms with Crippen molar-refractivity contribution in [2.45, 2.75) is 18.7 Å². The van der Waals surface area contributed by atoms with E-state index in [1.54, 1.807) is 11.9 Å². The van der Waals surface area contributed by atoms with Crippen LogP contribution in [0.1, 0.15) is 13.8 Å². The van der Waals surface area contributed by atoms with Crippen LogP contribution in [0, 0.1) is 5.92 Å². The highest BCUT2D eigenvalue weighted by Crippen LogP contribution is 2.25. The normalized spacial score (nSPS) is 11.1. The van der Waals surface area contributed by atoms with Crippen molar-refractivity contribution >= 4 is 22.7 Å². The quantitative estimate of drug-likeness (QED) is 0.819. The van der Waals surface area contributed by atoms with Crippen molar-refractivity contribution in [3.8, 4) is 5.75 Å². The smallest absolute Gasteiger partial charge is 0.119 e. The Bertz CT molecular complexity index is 525. The van der Waals surface area contributed by atoms with Crippen molar-refractivity contribution in [2.24, 2.45) is 5.92 Å². The van der Waals surface area contributed by atoms with Gasteiger partial charge in [-0.3, -0.25) is 4.72 Å². The lowest BCUT2D eigenvalue weighted by Crippen LogP contribution is -2.04. The molecule has 0 saturated heterocycles. The molecular weight excluding hydrogens is 242 g/mol. The molecule has 1 N–H and O–H groups in total. The van der Waals surface area contributed by atoms with Crippen LogP contribution in [0.15, 0.2) is 41.3 Å². The molecule has 0 fully saturated rings. The highest BCUT2D eigenvalue weighted by Gasteiger charge is 2.01. The van der Waals surface area contributed by atoms with Gasteiger partial charge in [0.2, 0.25) is 0 Å². The Morgan fingerprint density at radius 3 is 2.56 bits per heavy atom. The summed E-state index contributed by atoms with van der Waals surface area (Å²) in [7, 11) is 1.93. The van der Waals surface area contributed by atoms with Crippen molar-refractivity contribution in [3.05, 3.63) is 36.4 Å². The summed E-state index contributed by atoms with van der Waals surface area (Å²) in [5.41, 5.74) is 0. The molecule has 2 aromatic rings. The Kier molecular flexibility index (Phi) is 4.50. The second-order valence-corrected chi connectivity index (χ2v) is 5.77. The van der Waals surface area contributed by atoms with E-state index in [1.807, 2.05) is 13.1 Å². The third kappa shape index (κ3) is 3.40. The molecule has 0 aliphatic heterocycles. The Hall–Kier alpha value is -1.19. The molecule has 0 amide bonds. The predicted octanol–water partition coefficient (Wildman–Crippen LogP) is 4.10. The topological polar surface area (TPSA) is 21.3 Å². The largest absolute Gasteiger partial charge is 0.493 e. The molecule has 0 atom stereocenters. The molecular formula is C15H19NOS. The molecule has 0 spiro atoms. The lowest BCUT2D eigenvalue weighted by molar-refractivity contribution is 0.271. The maximum atomic E-state index is 5.74. The van der Waals surface area contributed by atoms with Crippen LogP contribution in [0.2, 0.25) is 0 Å². The van der Waals surface area contributed by atoms with Crippen molar-refractivity contribution in [1.82, 2.24) is 4.72 Å². The summed E-state index contributed by atoms with van der Waals surface area (Å²) in [4.78, 5) is 1.22. The number of benzene rings is 2. The highest BCUT2D eigenvalue weighted by atomic mass is 32.2. The summed E-state index contributed by atoms with van der Waals surface area (Å²) in [5, 5.41) is 2.46. The Morgan fingerprint density at radius 1 is 1.11 bits per heavy atom. The molecule has 0 bridgehead atoms. The zero-order valence-corrected chi connectivity index (χ0v) is 11.9. The first-order chi connectivity index (χ1) is 8.69. The van der Waals surface area contributed by atoms with E-state index in [-0.39, 0.29) is 0 Å². The number of ether oxygens (including phenoxy) is 1. The summed E-state index contributed by atoms with van der Waals surface area (Å²) in [5.74, 6) is 1.50. The highest BCUT2D eigenvalue weighted by molar-refractivity contribution is 7.97. The van der Waals surface area contributed by atoms with Gasteiger partial charge in [-0.05, 0) is 60.0 Å². The third-order valence-corrected chi connectivity index (χ3v) is 3.28. The fraction of sp³-hybridized carbons (Fsp3) is 0.333. The molecule has 0 aliphatic rings. The summed E-state index contributed by atoms with van der Waals surface area (Å²) >= 11 is 1.63. The number of nitrogens with one attached hydrogen (secondary N) is 1. The first-order valence-corrected chi connectivity index (χ1v) is 7.01. The minimum Gasteiger partial charge on any atom is -0.493 e. The molecule has 0 radical (unpaired) electrons. The molecule has 2 nitrogen and oxygen atoms in total. The molecule has 0 saturated carbocycles. The Morgan fingerprint density at radius 2 is 1.83 bits per heavy atom. The second-order valence-electron chi connectivity index (χ2n) is 4.68. The van der Waals surface area contributed by atoms with Crippen molar-refractivity contribution in [2.75, 3.05) is 13.7 Å². The molecule has 18 heavy (non-hydrogen) atoms. The van der Waals surface area contributed by atoms with Crippen LogP contribution in [0.5, 0.6) is 5.75 Å². The molecule has 0 unspecified atom stereocenters. The van der Waals surface area contributed by atoms with Crippen molar-refractivity contribution in [3.63, 3.8) is 0 Å². The average molecular weight is 261 g/mol. The first kappa shape index (κ1) is 13.2. The molecule has 0 aromatic heterocycles. The van der Waals surface area contributed by atoms with Crippen LogP contribution in [0.4, 0.5) is 0 Å². The van der Waals surface area contributed by atoms with Gasteiger partial charge in [0, 0.05) is 4.90 Å². The van der Waals surface area contributed by atoms with Crippen LogP contribution in [0.25, 0.3) is 10.8 Å². The maximum absolute atomic E-state index is 5.74. The van der Waals surface area contributed by atoms with E-state index in [4.69, 9.17) is 4.74 Å². The van der Waals surface area contributed by atoms with E-state index in [1.165, 1.54) is 15.7 Å². The summed E-state index contributed by atoms with van der Waals surface area (Å²) in [6, 6.07) is 12.7. The number of hydrogen-bond donors (Lipinski definition) is 1. The summed E-state index contributed by atoms with van der Waals surface area (Å²) in [6.45, 7) is 5.07. The standard InChI is InChI=1S/C15H19NOS/c1-11(2)10-17-14-6-4-13-9-15(18-16-3)7-5-12(13)8-14/h4-9,11,16H,10H2,1-3H3. The second kappa shape index (κ2) is 6.12. The lowest BCUT2D eigenvalue weighted by atomic mass is 10.1. The zero-order valence-electron chi connectivity index (χ0n) is 11.1. The first-order valence-electron chi connectivity index (χ1n) is 6.19. The van der Waals surface area contributed by atoms with E-state index in [2.05, 4.69) is 48.9 Å². The number of hydrogen-bond acceptors (Lipinski definition) is 3. The molecule has 2 aromatic carbocycles. The van der Waals surface area contributed by atoms with E-state index in [0.717, 1.165) is 12.4 Å². The lowest BCUT2D eigenvalue weighted by Gasteiger charge is -2.09. The predicted molar refractivity (Wildman–Crippen MR) is 79.2 cm³/mol. The van der Waals surface area contributed by atoms with Gasteiger partial charge < -0.3 is 4.74 Å². The van der Waals surface area contributed by atoms with Gasteiger partial charge >= 0.3 is 0 Å². The SMILES string of the molecule is CNSc1ccc2cc(OCC(C)C)ccc2c1. The van der Waals surface area contributed by atoms with Gasteiger partial charge in [-0.15, -0.1) is 0 Å². The average Bonchev–Trinajstić information content (AvgIpc) is 2.36. The van der Waals surface area contributed by atoms with Gasteiger partial charge in [-0.2, -0.15) is 0 Å². The Balaban J connectivity index is 2.21. The number of rotatable bonds is 5. The van der Waals surface area contributed by atoms with Gasteiger partial charge in [-0.25, -0.2) is 0 Å². The summed E-state index contributed by atoms with van der Waals surface area (Å²) < 4.78 is 8.82. The van der Waals surface area contributed by atoms with E-state index >= 15 is 0 Å². The molecule has 0 heterocycles. The van der Waals surface area contributed by atoms with Crippen LogP contribution in [-0.4, -0.2) is 13.7 Å². The third-order valence-electron chi connectivity index (χ3n) is 2.59. The van der Waals surface area contributed by atoms with Gasteiger partial charge in [0.1, 0.15) is 5.75 Å². The Labute approximate surface area is 113 Å². The van der Waals surface area contributed by atoms with Gasteiger partial charge in [0.15, 0.2) is 0 Å². The minimum atomic E-state index is 0.551. The van der Waals surface area contributed by atoms with Crippen molar-refractivity contribution in [1.29, 1.82) is 0 Å². The minimum absolute atomic E-state index is 0.551. The zero-order chi connectivity index (χ0) is 13.0. The van der Waals surface area contributed by atoms with Crippen LogP contribution in [0.3, 0.4) is 0 Å². The van der Waals surface area contributed by atoms with E-state index < -0.39 is 0 Å². The fourth-order valence-electron chi connectivity index (χ4n) is 1.74. The molecule has 3 heteroatoms.